The highest BCUT2D eigenvalue weighted by Crippen LogP contribution is 2.35. The molecule has 3 heteroatoms. The van der Waals surface area contributed by atoms with Gasteiger partial charge in [0.2, 0.25) is 0 Å². The third-order valence-electron chi connectivity index (χ3n) is 2.33. The highest BCUT2D eigenvalue weighted by molar-refractivity contribution is 6.32. The Morgan fingerprint density at radius 1 is 1.50 bits per heavy atom. The molecule has 0 fully saturated rings. The molecule has 1 atom stereocenters. The lowest BCUT2D eigenvalue weighted by molar-refractivity contribution is 0.474. The Labute approximate surface area is 76.0 Å². The number of hydrogen-bond acceptors (Lipinski definition) is 2. The van der Waals surface area contributed by atoms with Crippen molar-refractivity contribution in [2.75, 3.05) is 0 Å². The largest absolute Gasteiger partial charge is 0.506 e. The number of benzene rings is 1. The molecule has 2 nitrogen and oxygen atoms in total. The Hall–Kier alpha value is -0.730. The number of halogens is 1. The second-order valence-corrected chi connectivity index (χ2v) is 3.55. The fourth-order valence-electron chi connectivity index (χ4n) is 1.65. The van der Waals surface area contributed by atoms with Crippen molar-refractivity contribution in [1.82, 2.24) is 0 Å². The minimum Gasteiger partial charge on any atom is -0.506 e. The number of phenolic OH excluding ortho intramolecular Hbond substituents is 1. The monoisotopic (exact) mass is 183 g/mol. The number of rotatable bonds is 0. The van der Waals surface area contributed by atoms with E-state index >= 15 is 0 Å². The summed E-state index contributed by atoms with van der Waals surface area (Å²) in [7, 11) is 0. The second-order valence-electron chi connectivity index (χ2n) is 3.15. The summed E-state index contributed by atoms with van der Waals surface area (Å²) in [5.74, 6) is 0.132. The number of fused-ring (bicyclic) bond motifs is 1. The van der Waals surface area contributed by atoms with Crippen molar-refractivity contribution in [3.63, 3.8) is 0 Å². The number of nitrogens with two attached hydrogens (primary N) is 1. The smallest absolute Gasteiger partial charge is 0.134 e. The van der Waals surface area contributed by atoms with Gasteiger partial charge in [-0.2, -0.15) is 0 Å². The van der Waals surface area contributed by atoms with E-state index in [9.17, 15) is 5.11 Å². The van der Waals surface area contributed by atoms with Crippen molar-refractivity contribution in [1.29, 1.82) is 0 Å². The summed E-state index contributed by atoms with van der Waals surface area (Å²) in [4.78, 5) is 0. The van der Waals surface area contributed by atoms with Gasteiger partial charge in [-0.05, 0) is 36.1 Å². The SMILES string of the molecule is N[C@@H]1CCc2cc(Cl)c(O)cc21. The van der Waals surface area contributed by atoms with E-state index in [1.54, 1.807) is 12.1 Å². The second kappa shape index (κ2) is 2.64. The van der Waals surface area contributed by atoms with E-state index in [1.807, 2.05) is 0 Å². The molecule has 0 amide bonds. The highest BCUT2D eigenvalue weighted by Gasteiger charge is 2.20. The van der Waals surface area contributed by atoms with E-state index in [1.165, 1.54) is 5.56 Å². The van der Waals surface area contributed by atoms with Gasteiger partial charge in [-0.15, -0.1) is 0 Å². The average Bonchev–Trinajstić information content (AvgIpc) is 2.35. The Morgan fingerprint density at radius 2 is 2.25 bits per heavy atom. The number of hydrogen-bond donors (Lipinski definition) is 2. The molecule has 1 aromatic rings. The van der Waals surface area contributed by atoms with E-state index in [4.69, 9.17) is 17.3 Å². The van der Waals surface area contributed by atoms with Crippen LogP contribution in [-0.2, 0) is 6.42 Å². The molecular weight excluding hydrogens is 174 g/mol. The van der Waals surface area contributed by atoms with Crippen LogP contribution in [0.5, 0.6) is 5.75 Å². The molecule has 1 aliphatic carbocycles. The van der Waals surface area contributed by atoms with Crippen molar-refractivity contribution in [2.24, 2.45) is 5.73 Å². The van der Waals surface area contributed by atoms with Gasteiger partial charge < -0.3 is 10.8 Å². The lowest BCUT2D eigenvalue weighted by atomic mass is 10.1. The van der Waals surface area contributed by atoms with Crippen LogP contribution >= 0.6 is 11.6 Å². The van der Waals surface area contributed by atoms with E-state index in [2.05, 4.69) is 0 Å². The van der Waals surface area contributed by atoms with Crippen LogP contribution in [0.15, 0.2) is 12.1 Å². The first-order valence-electron chi connectivity index (χ1n) is 3.95. The summed E-state index contributed by atoms with van der Waals surface area (Å²) in [6, 6.07) is 3.55. The number of aromatic hydroxyl groups is 1. The lowest BCUT2D eigenvalue weighted by Gasteiger charge is -2.05. The van der Waals surface area contributed by atoms with Crippen LogP contribution in [0, 0.1) is 0 Å². The van der Waals surface area contributed by atoms with Crippen molar-refractivity contribution < 1.29 is 5.11 Å². The molecule has 12 heavy (non-hydrogen) atoms. The van der Waals surface area contributed by atoms with E-state index in [-0.39, 0.29) is 11.8 Å². The first-order valence-corrected chi connectivity index (χ1v) is 4.33. The zero-order chi connectivity index (χ0) is 8.72. The first kappa shape index (κ1) is 7.90. The molecule has 3 N–H and O–H groups in total. The van der Waals surface area contributed by atoms with Crippen molar-refractivity contribution >= 4 is 11.6 Å². The summed E-state index contributed by atoms with van der Waals surface area (Å²) in [5.41, 5.74) is 8.02. The minimum atomic E-state index is 0.0724. The van der Waals surface area contributed by atoms with Gasteiger partial charge >= 0.3 is 0 Å². The van der Waals surface area contributed by atoms with Gasteiger partial charge in [-0.1, -0.05) is 11.6 Å². The van der Waals surface area contributed by atoms with Gasteiger partial charge in [0.05, 0.1) is 5.02 Å². The predicted molar refractivity (Wildman–Crippen MR) is 48.4 cm³/mol. The van der Waals surface area contributed by atoms with Crippen molar-refractivity contribution in [3.8, 4) is 5.75 Å². The minimum absolute atomic E-state index is 0.0724. The van der Waals surface area contributed by atoms with Crippen molar-refractivity contribution in [2.45, 2.75) is 18.9 Å². The molecule has 0 unspecified atom stereocenters. The lowest BCUT2D eigenvalue weighted by Crippen LogP contribution is -2.04. The van der Waals surface area contributed by atoms with Crippen LogP contribution < -0.4 is 5.73 Å². The molecular formula is C9H10ClNO. The molecule has 0 aromatic heterocycles. The molecule has 1 aromatic carbocycles. The van der Waals surface area contributed by atoms with E-state index in [0.717, 1.165) is 18.4 Å². The summed E-state index contributed by atoms with van der Waals surface area (Å²) >= 11 is 5.75. The quantitative estimate of drug-likeness (QED) is 0.646. The standard InChI is InChI=1S/C9H10ClNO/c10-7-3-5-1-2-8(11)6(5)4-9(7)12/h3-4,8,12H,1-2,11H2/t8-/m1/s1. The summed E-state index contributed by atoms with van der Waals surface area (Å²) < 4.78 is 0. The van der Waals surface area contributed by atoms with Crippen LogP contribution in [0.25, 0.3) is 0 Å². The first-order chi connectivity index (χ1) is 5.68. The van der Waals surface area contributed by atoms with Gasteiger partial charge in [0.25, 0.3) is 0 Å². The maximum absolute atomic E-state index is 9.31. The summed E-state index contributed by atoms with van der Waals surface area (Å²) in [6.45, 7) is 0. The third kappa shape index (κ3) is 1.08. The van der Waals surface area contributed by atoms with Crippen LogP contribution in [-0.4, -0.2) is 5.11 Å². The molecule has 0 saturated carbocycles. The van der Waals surface area contributed by atoms with Crippen LogP contribution in [0.3, 0.4) is 0 Å². The molecule has 0 radical (unpaired) electrons. The maximum Gasteiger partial charge on any atom is 0.134 e. The Kier molecular flexibility index (Phi) is 1.74. The molecule has 2 rings (SSSR count). The zero-order valence-corrected chi connectivity index (χ0v) is 7.30. The molecule has 0 bridgehead atoms. The summed E-state index contributed by atoms with van der Waals surface area (Å²) in [5, 5.41) is 9.73. The molecule has 1 aliphatic rings. The topological polar surface area (TPSA) is 46.2 Å². The number of phenols is 1. The van der Waals surface area contributed by atoms with Gasteiger partial charge in [0.1, 0.15) is 5.75 Å². The fourth-order valence-corrected chi connectivity index (χ4v) is 1.83. The van der Waals surface area contributed by atoms with E-state index in [0.29, 0.717) is 5.02 Å². The highest BCUT2D eigenvalue weighted by atomic mass is 35.5. The number of aryl methyl sites for hydroxylation is 1. The fraction of sp³-hybridized carbons (Fsp3) is 0.333. The van der Waals surface area contributed by atoms with Crippen LogP contribution in [0.2, 0.25) is 5.02 Å². The van der Waals surface area contributed by atoms with Gasteiger partial charge in [0, 0.05) is 6.04 Å². The van der Waals surface area contributed by atoms with E-state index < -0.39 is 0 Å². The molecule has 64 valence electrons. The van der Waals surface area contributed by atoms with Gasteiger partial charge in [0.15, 0.2) is 0 Å². The third-order valence-corrected chi connectivity index (χ3v) is 2.64. The van der Waals surface area contributed by atoms with Crippen LogP contribution in [0.4, 0.5) is 0 Å². The normalized spacial score (nSPS) is 21.0. The molecule has 0 heterocycles. The Balaban J connectivity index is 2.56. The maximum atomic E-state index is 9.31. The van der Waals surface area contributed by atoms with Crippen molar-refractivity contribution in [3.05, 3.63) is 28.3 Å². The Bertz CT molecular complexity index is 325. The molecule has 0 saturated heterocycles. The predicted octanol–water partition coefficient (Wildman–Crippen LogP) is 1.99. The molecule has 0 spiro atoms. The van der Waals surface area contributed by atoms with Gasteiger partial charge in [-0.25, -0.2) is 0 Å². The van der Waals surface area contributed by atoms with Crippen LogP contribution in [0.1, 0.15) is 23.6 Å². The average molecular weight is 184 g/mol. The Morgan fingerprint density at radius 3 is 3.00 bits per heavy atom. The molecule has 0 aliphatic heterocycles. The summed E-state index contributed by atoms with van der Waals surface area (Å²) in [6.07, 6.45) is 1.92. The van der Waals surface area contributed by atoms with Gasteiger partial charge in [-0.3, -0.25) is 0 Å². The zero-order valence-electron chi connectivity index (χ0n) is 6.55.